The van der Waals surface area contributed by atoms with Gasteiger partial charge in [0.05, 0.1) is 0 Å². The number of aryl methyl sites for hydroxylation is 2. The van der Waals surface area contributed by atoms with Crippen LogP contribution in [0.25, 0.3) is 10.8 Å². The second-order valence-electron chi connectivity index (χ2n) is 3.48. The van der Waals surface area contributed by atoms with Crippen molar-refractivity contribution >= 4 is 10.8 Å². The van der Waals surface area contributed by atoms with Crippen molar-refractivity contribution < 1.29 is 0 Å². The molecule has 0 atom stereocenters. The molecule has 0 radical (unpaired) electrons. The van der Waals surface area contributed by atoms with Crippen LogP contribution in [-0.2, 0) is 12.8 Å². The first-order valence-corrected chi connectivity index (χ1v) is 5.22. The molecule has 14 heavy (non-hydrogen) atoms. The molecule has 0 saturated heterocycles. The largest absolute Gasteiger partial charge is 0.260 e. The molecule has 0 spiro atoms. The van der Waals surface area contributed by atoms with Gasteiger partial charge in [0.2, 0.25) is 0 Å². The highest BCUT2D eigenvalue weighted by atomic mass is 14.7. The van der Waals surface area contributed by atoms with Crippen molar-refractivity contribution in [2.45, 2.75) is 26.7 Å². The lowest BCUT2D eigenvalue weighted by atomic mass is 10.0. The fraction of sp³-hybridized carbons (Fsp3) is 0.308. The summed E-state index contributed by atoms with van der Waals surface area (Å²) < 4.78 is 0. The van der Waals surface area contributed by atoms with Crippen LogP contribution in [0.5, 0.6) is 0 Å². The van der Waals surface area contributed by atoms with E-state index in [1.807, 2.05) is 6.20 Å². The summed E-state index contributed by atoms with van der Waals surface area (Å²) in [5, 5.41) is 2.61. The minimum absolute atomic E-state index is 1.02. The second-order valence-corrected chi connectivity index (χ2v) is 3.48. The molecule has 0 amide bonds. The molecule has 1 heterocycles. The van der Waals surface area contributed by atoms with E-state index in [4.69, 9.17) is 0 Å². The normalized spacial score (nSPS) is 10.7. The highest BCUT2D eigenvalue weighted by Gasteiger charge is 2.04. The van der Waals surface area contributed by atoms with Gasteiger partial charge in [-0.05, 0) is 23.8 Å². The maximum absolute atomic E-state index is 4.50. The van der Waals surface area contributed by atoms with Crippen LogP contribution in [0, 0.1) is 0 Å². The lowest BCUT2D eigenvalue weighted by molar-refractivity contribution is 0.979. The van der Waals surface area contributed by atoms with Gasteiger partial charge in [-0.3, -0.25) is 4.98 Å². The average molecular weight is 185 g/mol. The molecule has 0 aliphatic rings. The Hall–Kier alpha value is -1.37. The smallest absolute Gasteiger partial charge is 0.0439 e. The van der Waals surface area contributed by atoms with Crippen molar-refractivity contribution in [3.8, 4) is 0 Å². The van der Waals surface area contributed by atoms with Crippen molar-refractivity contribution in [3.63, 3.8) is 0 Å². The molecule has 0 aliphatic carbocycles. The number of aromatic nitrogens is 1. The number of nitrogens with zero attached hydrogens (tertiary/aromatic N) is 1. The molecule has 1 aromatic carbocycles. The second kappa shape index (κ2) is 3.79. The zero-order valence-electron chi connectivity index (χ0n) is 8.75. The Morgan fingerprint density at radius 2 is 1.86 bits per heavy atom. The van der Waals surface area contributed by atoms with Crippen molar-refractivity contribution in [1.29, 1.82) is 0 Å². The molecule has 72 valence electrons. The third-order valence-corrected chi connectivity index (χ3v) is 2.68. The van der Waals surface area contributed by atoms with E-state index in [1.54, 1.807) is 0 Å². The van der Waals surface area contributed by atoms with Gasteiger partial charge in [-0.25, -0.2) is 0 Å². The number of pyridine rings is 1. The average Bonchev–Trinajstić information content (AvgIpc) is 2.27. The molecular weight excluding hydrogens is 170 g/mol. The van der Waals surface area contributed by atoms with E-state index >= 15 is 0 Å². The van der Waals surface area contributed by atoms with Gasteiger partial charge in [0, 0.05) is 17.3 Å². The summed E-state index contributed by atoms with van der Waals surface area (Å²) in [6.45, 7) is 4.36. The van der Waals surface area contributed by atoms with E-state index in [0.717, 1.165) is 12.8 Å². The fourth-order valence-electron chi connectivity index (χ4n) is 1.96. The molecular formula is C13H15N. The van der Waals surface area contributed by atoms with E-state index in [-0.39, 0.29) is 0 Å². The van der Waals surface area contributed by atoms with Crippen LogP contribution in [-0.4, -0.2) is 4.98 Å². The molecule has 1 aromatic heterocycles. The Labute approximate surface area is 84.8 Å². The van der Waals surface area contributed by atoms with E-state index in [1.165, 1.54) is 22.0 Å². The first kappa shape index (κ1) is 9.20. The molecule has 0 bridgehead atoms. The molecule has 2 aromatic rings. The van der Waals surface area contributed by atoms with Gasteiger partial charge in [-0.1, -0.05) is 38.1 Å². The molecule has 0 fully saturated rings. The number of fused-ring (bicyclic) bond motifs is 1. The molecule has 1 heteroatoms. The quantitative estimate of drug-likeness (QED) is 0.699. The third kappa shape index (κ3) is 1.39. The molecule has 2 rings (SSSR count). The first-order chi connectivity index (χ1) is 6.86. The van der Waals surface area contributed by atoms with Crippen LogP contribution < -0.4 is 0 Å². The topological polar surface area (TPSA) is 12.9 Å². The van der Waals surface area contributed by atoms with Crippen molar-refractivity contribution in [3.05, 3.63) is 41.7 Å². The van der Waals surface area contributed by atoms with Crippen molar-refractivity contribution in [2.75, 3.05) is 0 Å². The van der Waals surface area contributed by atoms with Crippen molar-refractivity contribution in [1.82, 2.24) is 4.98 Å². The van der Waals surface area contributed by atoms with Crippen LogP contribution in [0.15, 0.2) is 30.5 Å². The van der Waals surface area contributed by atoms with Gasteiger partial charge in [-0.2, -0.15) is 0 Å². The third-order valence-electron chi connectivity index (χ3n) is 2.68. The number of hydrogen-bond acceptors (Lipinski definition) is 1. The highest BCUT2D eigenvalue weighted by molar-refractivity contribution is 5.85. The summed E-state index contributed by atoms with van der Waals surface area (Å²) in [7, 11) is 0. The van der Waals surface area contributed by atoms with Gasteiger partial charge in [0.1, 0.15) is 0 Å². The summed E-state index contributed by atoms with van der Waals surface area (Å²) in [6, 6.07) is 8.48. The van der Waals surface area contributed by atoms with E-state index < -0.39 is 0 Å². The van der Waals surface area contributed by atoms with Crippen LogP contribution in [0.4, 0.5) is 0 Å². The monoisotopic (exact) mass is 185 g/mol. The van der Waals surface area contributed by atoms with Crippen LogP contribution in [0.3, 0.4) is 0 Å². The number of hydrogen-bond donors (Lipinski definition) is 0. The van der Waals surface area contributed by atoms with Crippen molar-refractivity contribution in [2.24, 2.45) is 0 Å². The summed E-state index contributed by atoms with van der Waals surface area (Å²) >= 11 is 0. The number of rotatable bonds is 2. The summed E-state index contributed by atoms with van der Waals surface area (Å²) in [5.74, 6) is 0. The summed E-state index contributed by atoms with van der Waals surface area (Å²) in [4.78, 5) is 4.50. The zero-order valence-corrected chi connectivity index (χ0v) is 8.75. The number of benzene rings is 1. The van der Waals surface area contributed by atoms with E-state index in [0.29, 0.717) is 0 Å². The highest BCUT2D eigenvalue weighted by Crippen LogP contribution is 2.21. The standard InChI is InChI=1S/C13H15N/c1-3-11-12-8-6-5-7-10(12)9-14-13(11)4-2/h5-9H,3-4H2,1-2H3. The van der Waals surface area contributed by atoms with Gasteiger partial charge in [0.15, 0.2) is 0 Å². The summed E-state index contributed by atoms with van der Waals surface area (Å²) in [5.41, 5.74) is 2.65. The van der Waals surface area contributed by atoms with E-state index in [2.05, 4.69) is 43.1 Å². The van der Waals surface area contributed by atoms with Gasteiger partial charge < -0.3 is 0 Å². The Morgan fingerprint density at radius 3 is 2.57 bits per heavy atom. The lowest BCUT2D eigenvalue weighted by Crippen LogP contribution is -1.96. The predicted octanol–water partition coefficient (Wildman–Crippen LogP) is 3.36. The van der Waals surface area contributed by atoms with Gasteiger partial charge >= 0.3 is 0 Å². The SMILES string of the molecule is CCc1ncc2ccccc2c1CC. The van der Waals surface area contributed by atoms with Crippen LogP contribution in [0.2, 0.25) is 0 Å². The molecule has 0 N–H and O–H groups in total. The molecule has 1 nitrogen and oxygen atoms in total. The molecule has 0 aliphatic heterocycles. The Kier molecular flexibility index (Phi) is 2.49. The van der Waals surface area contributed by atoms with Crippen LogP contribution >= 0.6 is 0 Å². The zero-order chi connectivity index (χ0) is 9.97. The van der Waals surface area contributed by atoms with Crippen LogP contribution in [0.1, 0.15) is 25.1 Å². The Morgan fingerprint density at radius 1 is 1.07 bits per heavy atom. The Bertz CT molecular complexity index is 446. The lowest BCUT2D eigenvalue weighted by Gasteiger charge is -2.08. The maximum Gasteiger partial charge on any atom is 0.0439 e. The van der Waals surface area contributed by atoms with Gasteiger partial charge in [-0.15, -0.1) is 0 Å². The Balaban J connectivity index is 2.77. The van der Waals surface area contributed by atoms with E-state index in [9.17, 15) is 0 Å². The van der Waals surface area contributed by atoms with Gasteiger partial charge in [0.25, 0.3) is 0 Å². The predicted molar refractivity (Wildman–Crippen MR) is 60.5 cm³/mol. The minimum atomic E-state index is 1.02. The maximum atomic E-state index is 4.50. The first-order valence-electron chi connectivity index (χ1n) is 5.22. The molecule has 0 saturated carbocycles. The minimum Gasteiger partial charge on any atom is -0.260 e. The fourth-order valence-corrected chi connectivity index (χ4v) is 1.96. The molecule has 0 unspecified atom stereocenters. The summed E-state index contributed by atoms with van der Waals surface area (Å²) in [6.07, 6.45) is 4.07.